The average Bonchev–Trinajstić information content (AvgIpc) is 2.34. The van der Waals surface area contributed by atoms with E-state index in [1.54, 1.807) is 24.3 Å². The van der Waals surface area contributed by atoms with Gasteiger partial charge in [0.2, 0.25) is 0 Å². The third kappa shape index (κ3) is 5.25. The molecule has 0 heterocycles. The van der Waals surface area contributed by atoms with Crippen LogP contribution < -0.4 is 15.5 Å². The van der Waals surface area contributed by atoms with Gasteiger partial charge < -0.3 is 25.1 Å². The van der Waals surface area contributed by atoms with Crippen molar-refractivity contribution in [2.75, 3.05) is 0 Å². The van der Waals surface area contributed by atoms with Crippen LogP contribution in [0.5, 0.6) is 0 Å². The molecule has 1 atom stereocenters. The van der Waals surface area contributed by atoms with Crippen molar-refractivity contribution in [2.24, 2.45) is 0 Å². The first-order chi connectivity index (χ1) is 8.90. The van der Waals surface area contributed by atoms with Crippen molar-refractivity contribution in [1.82, 2.24) is 5.32 Å². The predicted octanol–water partition coefficient (Wildman–Crippen LogP) is -1.33. The minimum Gasteiger partial charge on any atom is -0.550 e. The van der Waals surface area contributed by atoms with Gasteiger partial charge in [0.25, 0.3) is 5.91 Å². The van der Waals surface area contributed by atoms with Crippen molar-refractivity contribution in [1.29, 1.82) is 0 Å². The van der Waals surface area contributed by atoms with Crippen LogP contribution >= 0.6 is 22.6 Å². The molecule has 1 amide bonds. The second kappa shape index (κ2) is 7.07. The van der Waals surface area contributed by atoms with E-state index in [4.69, 9.17) is 0 Å². The molecule has 1 aromatic carbocycles. The van der Waals surface area contributed by atoms with Crippen LogP contribution in [0.1, 0.15) is 23.2 Å². The molecule has 102 valence electrons. The van der Waals surface area contributed by atoms with Gasteiger partial charge in [0.05, 0.1) is 12.0 Å². The molecule has 0 aliphatic carbocycles. The Morgan fingerprint density at radius 2 is 1.74 bits per heavy atom. The molecule has 0 radical (unpaired) electrons. The SMILES string of the molecule is O=C([O-])CC[C@@H](NC(=O)c1ccc(I)cc1)C(=O)[O-]. The van der Waals surface area contributed by atoms with Crippen molar-refractivity contribution in [2.45, 2.75) is 18.9 Å². The van der Waals surface area contributed by atoms with E-state index in [0.29, 0.717) is 5.56 Å². The Morgan fingerprint density at radius 3 is 2.21 bits per heavy atom. The Balaban J connectivity index is 2.68. The van der Waals surface area contributed by atoms with Gasteiger partial charge in [0, 0.05) is 15.1 Å². The summed E-state index contributed by atoms with van der Waals surface area (Å²) in [6.07, 6.45) is -0.744. The van der Waals surface area contributed by atoms with Crippen molar-refractivity contribution in [3.05, 3.63) is 33.4 Å². The van der Waals surface area contributed by atoms with Gasteiger partial charge in [0.1, 0.15) is 0 Å². The minimum absolute atomic E-state index is 0.277. The van der Waals surface area contributed by atoms with E-state index in [9.17, 15) is 24.6 Å². The van der Waals surface area contributed by atoms with E-state index in [1.165, 1.54) is 0 Å². The van der Waals surface area contributed by atoms with E-state index < -0.39 is 30.3 Å². The lowest BCUT2D eigenvalue weighted by molar-refractivity contribution is -0.309. The Kier molecular flexibility index (Phi) is 5.74. The number of carboxylic acid groups (broad SMARTS) is 2. The maximum absolute atomic E-state index is 11.7. The van der Waals surface area contributed by atoms with Crippen LogP contribution in [0.2, 0.25) is 0 Å². The first kappa shape index (κ1) is 15.4. The number of benzene rings is 1. The predicted molar refractivity (Wildman–Crippen MR) is 69.7 cm³/mol. The van der Waals surface area contributed by atoms with Crippen LogP contribution in [0.4, 0.5) is 0 Å². The summed E-state index contributed by atoms with van der Waals surface area (Å²) in [6, 6.07) is 5.13. The smallest absolute Gasteiger partial charge is 0.251 e. The van der Waals surface area contributed by atoms with Crippen LogP contribution in [0.3, 0.4) is 0 Å². The summed E-state index contributed by atoms with van der Waals surface area (Å²) in [5, 5.41) is 23.3. The van der Waals surface area contributed by atoms with Crippen LogP contribution in [0.25, 0.3) is 0 Å². The highest BCUT2D eigenvalue weighted by Gasteiger charge is 2.14. The fraction of sp³-hybridized carbons (Fsp3) is 0.250. The molecule has 0 fully saturated rings. The number of hydrogen-bond donors (Lipinski definition) is 1. The standard InChI is InChI=1S/C12H12INO5/c13-8-3-1-7(2-4-8)11(17)14-9(12(18)19)5-6-10(15)16/h1-4,9H,5-6H2,(H,14,17)(H,15,16)(H,18,19)/p-2/t9-/m1/s1. The average molecular weight is 375 g/mol. The quantitative estimate of drug-likeness (QED) is 0.620. The molecule has 0 aliphatic rings. The van der Waals surface area contributed by atoms with Crippen molar-refractivity contribution in [3.8, 4) is 0 Å². The largest absolute Gasteiger partial charge is 0.550 e. The molecule has 19 heavy (non-hydrogen) atoms. The molecule has 0 bridgehead atoms. The Bertz CT molecular complexity index is 485. The Labute approximate surface area is 123 Å². The van der Waals surface area contributed by atoms with Gasteiger partial charge in [-0.3, -0.25) is 4.79 Å². The summed E-state index contributed by atoms with van der Waals surface area (Å²) >= 11 is 2.07. The van der Waals surface area contributed by atoms with E-state index in [2.05, 4.69) is 27.9 Å². The van der Waals surface area contributed by atoms with Gasteiger partial charge in [-0.05, 0) is 59.7 Å². The zero-order valence-corrected chi connectivity index (χ0v) is 11.9. The number of nitrogens with one attached hydrogen (secondary N) is 1. The topological polar surface area (TPSA) is 109 Å². The second-order valence-electron chi connectivity index (χ2n) is 3.76. The molecule has 0 spiro atoms. The Hall–Kier alpha value is -1.64. The number of hydrogen-bond acceptors (Lipinski definition) is 5. The van der Waals surface area contributed by atoms with Crippen LogP contribution in [-0.4, -0.2) is 23.9 Å². The molecule has 1 N–H and O–H groups in total. The van der Waals surface area contributed by atoms with E-state index in [0.717, 1.165) is 3.57 Å². The summed E-state index contributed by atoms with van der Waals surface area (Å²) in [4.78, 5) is 32.8. The lowest BCUT2D eigenvalue weighted by Gasteiger charge is -2.19. The maximum atomic E-state index is 11.7. The van der Waals surface area contributed by atoms with Gasteiger partial charge >= 0.3 is 0 Å². The van der Waals surface area contributed by atoms with Gasteiger partial charge in [-0.25, -0.2) is 0 Å². The molecule has 1 aromatic rings. The van der Waals surface area contributed by atoms with E-state index in [1.807, 2.05) is 0 Å². The van der Waals surface area contributed by atoms with Gasteiger partial charge in [0.15, 0.2) is 0 Å². The highest BCUT2D eigenvalue weighted by molar-refractivity contribution is 14.1. The first-order valence-corrected chi connectivity index (χ1v) is 6.45. The maximum Gasteiger partial charge on any atom is 0.251 e. The zero-order chi connectivity index (χ0) is 14.4. The molecule has 0 saturated heterocycles. The highest BCUT2D eigenvalue weighted by atomic mass is 127. The summed E-state index contributed by atoms with van der Waals surface area (Å²) < 4.78 is 0.933. The fourth-order valence-corrected chi connectivity index (χ4v) is 1.71. The summed E-state index contributed by atoms with van der Waals surface area (Å²) in [6.45, 7) is 0. The summed E-state index contributed by atoms with van der Waals surface area (Å²) in [5.41, 5.74) is 0.292. The summed E-state index contributed by atoms with van der Waals surface area (Å²) in [5.74, 6) is -3.50. The highest BCUT2D eigenvalue weighted by Crippen LogP contribution is 2.07. The molecule has 1 rings (SSSR count). The second-order valence-corrected chi connectivity index (χ2v) is 5.01. The van der Waals surface area contributed by atoms with Crippen LogP contribution in [0.15, 0.2) is 24.3 Å². The lowest BCUT2D eigenvalue weighted by atomic mass is 10.1. The molecular weight excluding hydrogens is 365 g/mol. The number of aliphatic carboxylic acids is 2. The van der Waals surface area contributed by atoms with E-state index in [-0.39, 0.29) is 6.42 Å². The van der Waals surface area contributed by atoms with Gasteiger partial charge in [-0.1, -0.05) is 0 Å². The molecule has 0 unspecified atom stereocenters. The van der Waals surface area contributed by atoms with E-state index >= 15 is 0 Å². The van der Waals surface area contributed by atoms with Gasteiger partial charge in [-0.15, -0.1) is 0 Å². The first-order valence-electron chi connectivity index (χ1n) is 5.37. The number of carbonyl (C=O) groups excluding carboxylic acids is 3. The molecular formula is C12H10INO5-2. The molecule has 6 nitrogen and oxygen atoms in total. The number of amides is 1. The number of halogens is 1. The zero-order valence-electron chi connectivity index (χ0n) is 9.72. The van der Waals surface area contributed by atoms with Crippen molar-refractivity contribution >= 4 is 40.4 Å². The van der Waals surface area contributed by atoms with Crippen molar-refractivity contribution < 1.29 is 24.6 Å². The fourth-order valence-electron chi connectivity index (χ4n) is 1.35. The number of carboxylic acids is 2. The summed E-state index contributed by atoms with van der Waals surface area (Å²) in [7, 11) is 0. The number of rotatable bonds is 6. The third-order valence-electron chi connectivity index (χ3n) is 2.33. The Morgan fingerprint density at radius 1 is 1.16 bits per heavy atom. The molecule has 0 aliphatic heterocycles. The third-order valence-corrected chi connectivity index (χ3v) is 3.05. The normalized spacial score (nSPS) is 11.6. The van der Waals surface area contributed by atoms with Crippen LogP contribution in [0, 0.1) is 3.57 Å². The number of carbonyl (C=O) groups is 3. The molecule has 0 saturated carbocycles. The lowest BCUT2D eigenvalue weighted by Crippen LogP contribution is -2.48. The monoisotopic (exact) mass is 375 g/mol. The molecule has 7 heteroatoms. The molecule has 0 aromatic heterocycles. The van der Waals surface area contributed by atoms with Gasteiger partial charge in [-0.2, -0.15) is 0 Å². The van der Waals surface area contributed by atoms with Crippen LogP contribution in [-0.2, 0) is 9.59 Å². The van der Waals surface area contributed by atoms with Crippen molar-refractivity contribution in [3.63, 3.8) is 0 Å². The minimum atomic E-state index is -1.53.